The van der Waals surface area contributed by atoms with Crippen molar-refractivity contribution in [2.75, 3.05) is 11.9 Å². The van der Waals surface area contributed by atoms with Crippen molar-refractivity contribution in [2.45, 2.75) is 25.8 Å². The number of fused-ring (bicyclic) bond motifs is 1. The molecule has 1 aliphatic heterocycles. The van der Waals surface area contributed by atoms with Crippen LogP contribution in [-0.4, -0.2) is 34.3 Å². The van der Waals surface area contributed by atoms with Gasteiger partial charge < -0.3 is 15.3 Å². The molecule has 2 amide bonds. The summed E-state index contributed by atoms with van der Waals surface area (Å²) in [6.45, 7) is 1.31. The summed E-state index contributed by atoms with van der Waals surface area (Å²) in [5.41, 5.74) is 1.34. The second-order valence-electron chi connectivity index (χ2n) is 5.49. The predicted molar refractivity (Wildman–Crippen MR) is 92.6 cm³/mol. The van der Waals surface area contributed by atoms with Gasteiger partial charge in [0.05, 0.1) is 10.6 Å². The van der Waals surface area contributed by atoms with Gasteiger partial charge >= 0.3 is 5.97 Å². The first kappa shape index (κ1) is 16.7. The third kappa shape index (κ3) is 3.82. The molecule has 2 aromatic heterocycles. The monoisotopic (exact) mass is 364 g/mol. The Morgan fingerprint density at radius 2 is 2.08 bits per heavy atom. The summed E-state index contributed by atoms with van der Waals surface area (Å²) in [5.74, 6) is -1.34. The van der Waals surface area contributed by atoms with Crippen LogP contribution in [0.25, 0.3) is 0 Å². The van der Waals surface area contributed by atoms with E-state index in [1.807, 2.05) is 11.4 Å². The van der Waals surface area contributed by atoms with Gasteiger partial charge in [-0.2, -0.15) is 0 Å². The summed E-state index contributed by atoms with van der Waals surface area (Å²) in [5, 5.41) is 15.5. The van der Waals surface area contributed by atoms with Gasteiger partial charge in [-0.05, 0) is 29.5 Å². The largest absolute Gasteiger partial charge is 0.478 e. The Kier molecular flexibility index (Phi) is 4.96. The molecular formula is C16H16N2O4S2. The highest BCUT2D eigenvalue weighted by Crippen LogP contribution is 2.24. The molecule has 1 aliphatic rings. The van der Waals surface area contributed by atoms with Crippen LogP contribution in [0, 0.1) is 0 Å². The van der Waals surface area contributed by atoms with Crippen molar-refractivity contribution < 1.29 is 19.5 Å². The van der Waals surface area contributed by atoms with Crippen molar-refractivity contribution in [3.8, 4) is 0 Å². The molecule has 0 atom stereocenters. The van der Waals surface area contributed by atoms with Crippen LogP contribution in [0.1, 0.15) is 33.6 Å². The maximum Gasteiger partial charge on any atom is 0.336 e. The lowest BCUT2D eigenvalue weighted by molar-refractivity contribution is -0.133. The number of aromatic carboxylic acids is 1. The average molecular weight is 364 g/mol. The molecule has 0 unspecified atom stereocenters. The maximum atomic E-state index is 12.3. The summed E-state index contributed by atoms with van der Waals surface area (Å²) in [4.78, 5) is 38.1. The van der Waals surface area contributed by atoms with Crippen molar-refractivity contribution in [3.63, 3.8) is 0 Å². The molecule has 0 saturated carbocycles. The Balaban J connectivity index is 1.47. The highest BCUT2D eigenvalue weighted by atomic mass is 32.1. The Labute approximate surface area is 146 Å². The third-order valence-electron chi connectivity index (χ3n) is 3.84. The van der Waals surface area contributed by atoms with Gasteiger partial charge in [0.2, 0.25) is 11.8 Å². The van der Waals surface area contributed by atoms with Gasteiger partial charge in [-0.25, -0.2) is 4.79 Å². The number of rotatable bonds is 5. The van der Waals surface area contributed by atoms with Gasteiger partial charge in [-0.3, -0.25) is 9.59 Å². The van der Waals surface area contributed by atoms with E-state index in [1.165, 1.54) is 21.9 Å². The zero-order valence-corrected chi connectivity index (χ0v) is 14.4. The molecule has 6 nitrogen and oxygen atoms in total. The van der Waals surface area contributed by atoms with Crippen LogP contribution in [0.4, 0.5) is 5.00 Å². The maximum absolute atomic E-state index is 12.3. The van der Waals surface area contributed by atoms with Crippen LogP contribution >= 0.6 is 22.7 Å². The topological polar surface area (TPSA) is 86.7 Å². The number of nitrogens with one attached hydrogen (secondary N) is 1. The van der Waals surface area contributed by atoms with Gasteiger partial charge in [0.15, 0.2) is 0 Å². The van der Waals surface area contributed by atoms with Crippen LogP contribution in [-0.2, 0) is 22.6 Å². The van der Waals surface area contributed by atoms with Crippen molar-refractivity contribution in [3.05, 3.63) is 38.9 Å². The molecule has 0 fully saturated rings. The van der Waals surface area contributed by atoms with Crippen molar-refractivity contribution in [2.24, 2.45) is 0 Å². The van der Waals surface area contributed by atoms with Crippen molar-refractivity contribution in [1.29, 1.82) is 0 Å². The SMILES string of the molecule is O=C(CCC(=O)N1CCc2sccc2C1)Nc1cc(C(=O)O)cs1. The fourth-order valence-electron chi connectivity index (χ4n) is 2.55. The minimum absolute atomic E-state index is 0.0283. The van der Waals surface area contributed by atoms with E-state index in [9.17, 15) is 14.4 Å². The molecule has 0 radical (unpaired) electrons. The molecule has 3 heterocycles. The van der Waals surface area contributed by atoms with E-state index >= 15 is 0 Å². The number of amides is 2. The third-order valence-corrected chi connectivity index (χ3v) is 5.70. The molecule has 8 heteroatoms. The first-order valence-electron chi connectivity index (χ1n) is 7.47. The number of hydrogen-bond acceptors (Lipinski definition) is 5. The Bertz CT molecular complexity index is 781. The van der Waals surface area contributed by atoms with Crippen LogP contribution in [0.5, 0.6) is 0 Å². The quantitative estimate of drug-likeness (QED) is 0.854. The summed E-state index contributed by atoms with van der Waals surface area (Å²) >= 11 is 2.87. The number of anilines is 1. The smallest absolute Gasteiger partial charge is 0.336 e. The van der Waals surface area contributed by atoms with Gasteiger partial charge in [0.25, 0.3) is 0 Å². The van der Waals surface area contributed by atoms with Crippen molar-refractivity contribution >= 4 is 45.5 Å². The van der Waals surface area contributed by atoms with Gasteiger partial charge in [-0.1, -0.05) is 0 Å². The Hall–Kier alpha value is -2.19. The molecule has 126 valence electrons. The highest BCUT2D eigenvalue weighted by Gasteiger charge is 2.21. The summed E-state index contributed by atoms with van der Waals surface area (Å²) in [6.07, 6.45) is 1.12. The number of carboxylic acid groups (broad SMARTS) is 1. The Morgan fingerprint density at radius 1 is 1.25 bits per heavy atom. The second kappa shape index (κ2) is 7.14. The standard InChI is InChI=1S/C16H16N2O4S2/c19-13(17-14-7-11(9-24-14)16(21)22)1-2-15(20)18-5-3-12-10(8-18)4-6-23-12/h4,6-7,9H,1-3,5,8H2,(H,17,19)(H,21,22). The fourth-order valence-corrected chi connectivity index (χ4v) is 4.23. The second-order valence-corrected chi connectivity index (χ2v) is 7.40. The Morgan fingerprint density at radius 3 is 2.83 bits per heavy atom. The minimum atomic E-state index is -1.03. The van der Waals surface area contributed by atoms with Crippen molar-refractivity contribution in [1.82, 2.24) is 4.90 Å². The summed E-state index contributed by atoms with van der Waals surface area (Å²) in [6, 6.07) is 3.46. The number of carboxylic acids is 1. The summed E-state index contributed by atoms with van der Waals surface area (Å²) < 4.78 is 0. The molecule has 2 aromatic rings. The lowest BCUT2D eigenvalue weighted by Gasteiger charge is -2.27. The van der Waals surface area contributed by atoms with E-state index in [0.29, 0.717) is 18.1 Å². The lowest BCUT2D eigenvalue weighted by Crippen LogP contribution is -2.35. The van der Waals surface area contributed by atoms with E-state index < -0.39 is 5.97 Å². The molecule has 0 saturated heterocycles. The minimum Gasteiger partial charge on any atom is -0.478 e. The molecule has 0 spiro atoms. The number of thiophene rings is 2. The van der Waals surface area contributed by atoms with Gasteiger partial charge in [0.1, 0.15) is 0 Å². The number of carbonyl (C=O) groups is 3. The van der Waals surface area contributed by atoms with Crippen LogP contribution in [0.2, 0.25) is 0 Å². The zero-order chi connectivity index (χ0) is 17.1. The number of nitrogens with zero attached hydrogens (tertiary/aromatic N) is 1. The number of carbonyl (C=O) groups excluding carboxylic acids is 2. The molecule has 0 aliphatic carbocycles. The molecule has 24 heavy (non-hydrogen) atoms. The molecular weight excluding hydrogens is 348 g/mol. The highest BCUT2D eigenvalue weighted by molar-refractivity contribution is 7.14. The molecule has 2 N–H and O–H groups in total. The lowest BCUT2D eigenvalue weighted by atomic mass is 10.1. The van der Waals surface area contributed by atoms with Crippen LogP contribution in [0.15, 0.2) is 22.9 Å². The zero-order valence-electron chi connectivity index (χ0n) is 12.8. The predicted octanol–water partition coefficient (Wildman–Crippen LogP) is 2.81. The fraction of sp³-hybridized carbons (Fsp3) is 0.312. The molecule has 0 aromatic carbocycles. The first-order chi connectivity index (χ1) is 11.5. The van der Waals surface area contributed by atoms with E-state index in [0.717, 1.165) is 17.8 Å². The van der Waals surface area contributed by atoms with E-state index in [1.54, 1.807) is 16.2 Å². The summed E-state index contributed by atoms with van der Waals surface area (Å²) in [7, 11) is 0. The number of hydrogen-bond donors (Lipinski definition) is 2. The molecule has 0 bridgehead atoms. The molecule has 3 rings (SSSR count). The van der Waals surface area contributed by atoms with Crippen LogP contribution < -0.4 is 5.32 Å². The van der Waals surface area contributed by atoms with Gasteiger partial charge in [0, 0.05) is 36.2 Å². The first-order valence-corrected chi connectivity index (χ1v) is 9.23. The van der Waals surface area contributed by atoms with Crippen LogP contribution in [0.3, 0.4) is 0 Å². The average Bonchev–Trinajstić information content (AvgIpc) is 3.20. The normalized spacial score (nSPS) is 13.4. The van der Waals surface area contributed by atoms with Gasteiger partial charge in [-0.15, -0.1) is 22.7 Å². The van der Waals surface area contributed by atoms with E-state index in [2.05, 4.69) is 5.32 Å². The van der Waals surface area contributed by atoms with E-state index in [4.69, 9.17) is 5.11 Å². The van der Waals surface area contributed by atoms with E-state index in [-0.39, 0.29) is 30.2 Å².